The van der Waals surface area contributed by atoms with Crippen LogP contribution in [0, 0.1) is 25.2 Å². The molecule has 1 rings (SSSR count). The number of nitrogen functional groups attached to an aromatic ring is 1. The zero-order chi connectivity index (χ0) is 12.1. The number of aromatic nitrogens is 2. The second-order valence-electron chi connectivity index (χ2n) is 3.54. The first-order chi connectivity index (χ1) is 7.60. The quantitative estimate of drug-likeness (QED) is 0.574. The van der Waals surface area contributed by atoms with Crippen LogP contribution in [-0.2, 0) is 0 Å². The molecule has 6 nitrogen and oxygen atoms in total. The summed E-state index contributed by atoms with van der Waals surface area (Å²) in [6, 6.07) is 2.11. The molecule has 1 heterocycles. The van der Waals surface area contributed by atoms with Crippen LogP contribution < -0.4 is 16.2 Å². The van der Waals surface area contributed by atoms with E-state index in [0.29, 0.717) is 24.6 Å². The Morgan fingerprint density at radius 1 is 1.44 bits per heavy atom. The highest BCUT2D eigenvalue weighted by Gasteiger charge is 2.11. The highest BCUT2D eigenvalue weighted by molar-refractivity contribution is 5.57. The Labute approximate surface area is 95.1 Å². The molecule has 0 amide bonds. The van der Waals surface area contributed by atoms with Crippen molar-refractivity contribution in [2.45, 2.75) is 20.3 Å². The monoisotopic (exact) mass is 220 g/mol. The van der Waals surface area contributed by atoms with E-state index in [1.807, 2.05) is 25.8 Å². The van der Waals surface area contributed by atoms with Gasteiger partial charge in [-0.2, -0.15) is 5.26 Å². The van der Waals surface area contributed by atoms with Gasteiger partial charge in [-0.1, -0.05) is 0 Å². The molecule has 3 N–H and O–H groups in total. The Balaban J connectivity index is 3.03. The van der Waals surface area contributed by atoms with Gasteiger partial charge in [-0.05, 0) is 13.8 Å². The summed E-state index contributed by atoms with van der Waals surface area (Å²) in [6.07, 6.45) is 0.463. The summed E-state index contributed by atoms with van der Waals surface area (Å²) in [6.45, 7) is 4.34. The summed E-state index contributed by atoms with van der Waals surface area (Å²) in [5, 5.41) is 8.54. The third kappa shape index (κ3) is 2.58. The number of aryl methyl sites for hydroxylation is 1. The van der Waals surface area contributed by atoms with Crippen molar-refractivity contribution in [1.82, 2.24) is 9.97 Å². The second-order valence-corrected chi connectivity index (χ2v) is 3.54. The predicted octanol–water partition coefficient (Wildman–Crippen LogP) is 0.729. The molecule has 0 radical (unpaired) electrons. The van der Waals surface area contributed by atoms with Crippen molar-refractivity contribution >= 4 is 11.6 Å². The standard InChI is InChI=1S/C10H16N6/c1-7-9(15-12)13-8(2)14-10(7)16(3)6-4-5-11/h4,6,12H2,1-3H3,(H,13,14,15). The minimum atomic E-state index is 0.463. The van der Waals surface area contributed by atoms with Crippen molar-refractivity contribution in [2.75, 3.05) is 23.9 Å². The average Bonchev–Trinajstić information content (AvgIpc) is 2.28. The molecule has 0 saturated carbocycles. The molecule has 16 heavy (non-hydrogen) atoms. The maximum Gasteiger partial charge on any atom is 0.148 e. The van der Waals surface area contributed by atoms with Crippen molar-refractivity contribution < 1.29 is 0 Å². The zero-order valence-corrected chi connectivity index (χ0v) is 9.78. The van der Waals surface area contributed by atoms with Crippen LogP contribution in [0.15, 0.2) is 0 Å². The molecule has 0 bridgehead atoms. The zero-order valence-electron chi connectivity index (χ0n) is 9.78. The lowest BCUT2D eigenvalue weighted by Gasteiger charge is -2.20. The van der Waals surface area contributed by atoms with Gasteiger partial charge < -0.3 is 10.3 Å². The average molecular weight is 220 g/mol. The summed E-state index contributed by atoms with van der Waals surface area (Å²) in [5.74, 6) is 7.45. The third-order valence-corrected chi connectivity index (χ3v) is 2.29. The number of nitrogens with two attached hydrogens (primary N) is 1. The predicted molar refractivity (Wildman–Crippen MR) is 62.8 cm³/mol. The molecule has 0 aromatic carbocycles. The van der Waals surface area contributed by atoms with E-state index in [1.165, 1.54) is 0 Å². The lowest BCUT2D eigenvalue weighted by molar-refractivity contribution is 0.862. The van der Waals surface area contributed by atoms with Crippen LogP contribution in [0.5, 0.6) is 0 Å². The summed E-state index contributed by atoms with van der Waals surface area (Å²) >= 11 is 0. The molecule has 0 aliphatic carbocycles. The number of nitrogens with zero attached hydrogens (tertiary/aromatic N) is 4. The molecular weight excluding hydrogens is 204 g/mol. The minimum absolute atomic E-state index is 0.463. The van der Waals surface area contributed by atoms with Gasteiger partial charge in [-0.25, -0.2) is 15.8 Å². The molecule has 0 saturated heterocycles. The summed E-state index contributed by atoms with van der Waals surface area (Å²) < 4.78 is 0. The Morgan fingerprint density at radius 3 is 2.69 bits per heavy atom. The van der Waals surface area contributed by atoms with E-state index < -0.39 is 0 Å². The molecule has 1 aromatic heterocycles. The minimum Gasteiger partial charge on any atom is -0.358 e. The number of anilines is 2. The van der Waals surface area contributed by atoms with Gasteiger partial charge >= 0.3 is 0 Å². The number of rotatable bonds is 4. The van der Waals surface area contributed by atoms with Gasteiger partial charge in [0, 0.05) is 19.2 Å². The molecule has 0 atom stereocenters. The van der Waals surface area contributed by atoms with Gasteiger partial charge in [0.05, 0.1) is 12.5 Å². The third-order valence-electron chi connectivity index (χ3n) is 2.29. The van der Waals surface area contributed by atoms with Crippen molar-refractivity contribution in [3.05, 3.63) is 11.4 Å². The number of nitriles is 1. The molecule has 0 aliphatic rings. The fraction of sp³-hybridized carbons (Fsp3) is 0.500. The number of hydrogen-bond donors (Lipinski definition) is 2. The van der Waals surface area contributed by atoms with Crippen LogP contribution in [-0.4, -0.2) is 23.6 Å². The fourth-order valence-electron chi connectivity index (χ4n) is 1.45. The maximum absolute atomic E-state index is 8.54. The molecule has 0 spiro atoms. The molecule has 0 aliphatic heterocycles. The summed E-state index contributed by atoms with van der Waals surface area (Å²) in [7, 11) is 1.90. The Bertz CT molecular complexity index is 409. The molecule has 1 aromatic rings. The Morgan fingerprint density at radius 2 is 2.12 bits per heavy atom. The summed E-state index contributed by atoms with van der Waals surface area (Å²) in [5.41, 5.74) is 3.43. The Kier molecular flexibility index (Phi) is 4.03. The van der Waals surface area contributed by atoms with Gasteiger partial charge in [0.2, 0.25) is 0 Å². The van der Waals surface area contributed by atoms with Crippen molar-refractivity contribution in [3.8, 4) is 6.07 Å². The van der Waals surface area contributed by atoms with Crippen LogP contribution in [0.4, 0.5) is 11.6 Å². The lowest BCUT2D eigenvalue weighted by Crippen LogP contribution is -2.22. The van der Waals surface area contributed by atoms with Gasteiger partial charge in [-0.15, -0.1) is 0 Å². The molecule has 0 unspecified atom stereocenters. The largest absolute Gasteiger partial charge is 0.358 e. The Hall–Kier alpha value is -1.87. The first-order valence-electron chi connectivity index (χ1n) is 5.00. The second kappa shape index (κ2) is 5.28. The topological polar surface area (TPSA) is 90.9 Å². The van der Waals surface area contributed by atoms with Crippen molar-refractivity contribution in [1.29, 1.82) is 5.26 Å². The fourth-order valence-corrected chi connectivity index (χ4v) is 1.45. The molecule has 86 valence electrons. The SMILES string of the molecule is Cc1nc(NN)c(C)c(N(C)CCC#N)n1. The highest BCUT2D eigenvalue weighted by atomic mass is 15.3. The number of hydrogen-bond acceptors (Lipinski definition) is 6. The summed E-state index contributed by atoms with van der Waals surface area (Å²) in [4.78, 5) is 10.4. The van der Waals surface area contributed by atoms with E-state index in [9.17, 15) is 0 Å². The van der Waals surface area contributed by atoms with Crippen LogP contribution >= 0.6 is 0 Å². The first kappa shape index (κ1) is 12.2. The van der Waals surface area contributed by atoms with E-state index in [0.717, 1.165) is 11.4 Å². The van der Waals surface area contributed by atoms with Crippen molar-refractivity contribution in [2.24, 2.45) is 5.84 Å². The number of nitrogens with one attached hydrogen (secondary N) is 1. The van der Waals surface area contributed by atoms with Gasteiger partial charge in [0.25, 0.3) is 0 Å². The van der Waals surface area contributed by atoms with E-state index >= 15 is 0 Å². The van der Waals surface area contributed by atoms with Crippen molar-refractivity contribution in [3.63, 3.8) is 0 Å². The van der Waals surface area contributed by atoms with E-state index in [2.05, 4.69) is 21.5 Å². The first-order valence-corrected chi connectivity index (χ1v) is 5.00. The maximum atomic E-state index is 8.54. The van der Waals surface area contributed by atoms with Gasteiger partial charge in [0.1, 0.15) is 17.5 Å². The van der Waals surface area contributed by atoms with E-state index in [-0.39, 0.29) is 0 Å². The van der Waals surface area contributed by atoms with Gasteiger partial charge in [0.15, 0.2) is 0 Å². The van der Waals surface area contributed by atoms with Crippen LogP contribution in [0.25, 0.3) is 0 Å². The van der Waals surface area contributed by atoms with Crippen LogP contribution in [0.1, 0.15) is 17.8 Å². The van der Waals surface area contributed by atoms with Crippen LogP contribution in [0.3, 0.4) is 0 Å². The normalized spacial score (nSPS) is 9.69. The van der Waals surface area contributed by atoms with Gasteiger partial charge in [-0.3, -0.25) is 0 Å². The van der Waals surface area contributed by atoms with E-state index in [1.54, 1.807) is 0 Å². The molecule has 6 heteroatoms. The smallest absolute Gasteiger partial charge is 0.148 e. The van der Waals surface area contributed by atoms with E-state index in [4.69, 9.17) is 11.1 Å². The number of hydrazine groups is 1. The molecular formula is C10H16N6. The highest BCUT2D eigenvalue weighted by Crippen LogP contribution is 2.21. The lowest BCUT2D eigenvalue weighted by atomic mass is 10.3. The molecule has 0 fully saturated rings. The van der Waals surface area contributed by atoms with Crippen LogP contribution in [0.2, 0.25) is 0 Å².